The summed E-state index contributed by atoms with van der Waals surface area (Å²) in [6.45, 7) is 0. The van der Waals surface area contributed by atoms with Gasteiger partial charge in [-0.15, -0.1) is 0 Å². The largest absolute Gasteiger partial charge is 0.662 e. The molecule has 0 aromatic rings. The van der Waals surface area contributed by atoms with E-state index in [2.05, 4.69) is 4.81 Å². The Morgan fingerprint density at radius 2 is 1.12 bits per heavy atom. The fourth-order valence-electron chi connectivity index (χ4n) is 0. The molecule has 0 rings (SSSR count). The van der Waals surface area contributed by atoms with Gasteiger partial charge in [-0.25, -0.2) is 4.81 Å². The van der Waals surface area contributed by atoms with Gasteiger partial charge in [-0.2, -0.15) is 0 Å². The van der Waals surface area contributed by atoms with Crippen LogP contribution in [0.3, 0.4) is 0 Å². The van der Waals surface area contributed by atoms with Crippen molar-refractivity contribution in [3.05, 3.63) is 0 Å². The molecule has 0 spiro atoms. The summed E-state index contributed by atoms with van der Waals surface area (Å²) in [4.78, 5) is 2.86. The van der Waals surface area contributed by atoms with Crippen molar-refractivity contribution in [2.24, 2.45) is 0 Å². The predicted octanol–water partition coefficient (Wildman–Crippen LogP) is -1.07. The molecule has 0 atom stereocenters. The Balaban J connectivity index is -0.0000000267. The average molecular weight is 129 g/mol. The molecule has 7 nitrogen and oxygen atoms in total. The Kier molecular flexibility index (Phi) is 49.6. The van der Waals surface area contributed by atoms with Crippen molar-refractivity contribution in [3.63, 3.8) is 0 Å². The van der Waals surface area contributed by atoms with E-state index in [-0.39, 0.29) is 18.5 Å². The van der Waals surface area contributed by atoms with Crippen molar-refractivity contribution in [3.8, 4) is 0 Å². The van der Waals surface area contributed by atoms with Crippen LogP contribution < -0.4 is 18.5 Å². The molecule has 54 valence electrons. The molecule has 0 saturated heterocycles. The Bertz CT molecular complexity index is 25.2. The second-order valence-electron chi connectivity index (χ2n) is 0.432. The van der Waals surface area contributed by atoms with Crippen LogP contribution in [0.5, 0.6) is 0 Å². The molecule has 0 aromatic heterocycles. The van der Waals surface area contributed by atoms with Crippen LogP contribution in [0.1, 0.15) is 0 Å². The highest BCUT2D eigenvalue weighted by molar-refractivity contribution is 6.32. The lowest BCUT2D eigenvalue weighted by Gasteiger charge is -1.82. The first kappa shape index (κ1) is 25.0. The molecule has 0 aliphatic heterocycles. The number of hydrogen-bond donors (Lipinski definition) is 6. The monoisotopic (exact) mass is 129 g/mol. The van der Waals surface area contributed by atoms with E-state index in [1.165, 1.54) is 0 Å². The van der Waals surface area contributed by atoms with Gasteiger partial charge in [-0.3, -0.25) is 5.26 Å². The third-order valence-corrected chi connectivity index (χ3v) is 0.0943. The first-order valence-corrected chi connectivity index (χ1v) is 0.935. The van der Waals surface area contributed by atoms with Crippen molar-refractivity contribution < 1.29 is 20.1 Å². The van der Waals surface area contributed by atoms with Gasteiger partial charge in [0.15, 0.2) is 0 Å². The zero-order valence-corrected chi connectivity index (χ0v) is 4.45. The molecule has 0 fully saturated rings. The Morgan fingerprint density at radius 1 is 1.00 bits per heavy atom. The van der Waals surface area contributed by atoms with Crippen molar-refractivity contribution >= 4 is 7.32 Å². The lowest BCUT2D eigenvalue weighted by molar-refractivity contribution is -0.173. The van der Waals surface area contributed by atoms with Crippen molar-refractivity contribution in [1.82, 2.24) is 18.5 Å². The first-order valence-electron chi connectivity index (χ1n) is 0.935. The minimum Gasteiger partial charge on any atom is -0.400 e. The fourth-order valence-corrected chi connectivity index (χ4v) is 0. The third kappa shape index (κ3) is 41.6. The molecule has 8 heteroatoms. The normalized spacial score (nSPS) is 4.88. The van der Waals surface area contributed by atoms with Gasteiger partial charge in [0, 0.05) is 0 Å². The summed E-state index contributed by atoms with van der Waals surface area (Å²) >= 11 is 0. The van der Waals surface area contributed by atoms with Gasteiger partial charge in [0.25, 0.3) is 0 Å². The van der Waals surface area contributed by atoms with Gasteiger partial charge in [-0.05, 0) is 0 Å². The number of rotatable bonds is 1. The summed E-state index contributed by atoms with van der Waals surface area (Å²) in [5.41, 5.74) is 0. The maximum absolute atomic E-state index is 7.44. The molecular formula is H12BN3O4. The standard InChI is InChI=1S/BH3O4.3H3N/c2-1(3)5-4;;;/h2-4H;3*1H3. The van der Waals surface area contributed by atoms with Crippen LogP contribution in [0.25, 0.3) is 0 Å². The first-order chi connectivity index (χ1) is 2.27. The summed E-state index contributed by atoms with van der Waals surface area (Å²) in [5.74, 6) is 0. The smallest absolute Gasteiger partial charge is 0.400 e. The zero-order valence-electron chi connectivity index (χ0n) is 4.45. The van der Waals surface area contributed by atoms with E-state index in [0.29, 0.717) is 0 Å². The van der Waals surface area contributed by atoms with E-state index in [4.69, 9.17) is 15.3 Å². The number of hydrogen-bond acceptors (Lipinski definition) is 7. The van der Waals surface area contributed by atoms with E-state index in [1.807, 2.05) is 0 Å². The second-order valence-corrected chi connectivity index (χ2v) is 0.432. The summed E-state index contributed by atoms with van der Waals surface area (Å²) in [7, 11) is -2.06. The van der Waals surface area contributed by atoms with Gasteiger partial charge >= 0.3 is 7.32 Å². The highest BCUT2D eigenvalue weighted by Gasteiger charge is 2.03. The lowest BCUT2D eigenvalue weighted by atomic mass is 10.3. The van der Waals surface area contributed by atoms with Gasteiger partial charge in [0.05, 0.1) is 0 Å². The molecule has 0 heterocycles. The minimum absolute atomic E-state index is 0. The second kappa shape index (κ2) is 15.8. The SMILES string of the molecule is N.N.N.OOB(O)O. The molecule has 0 saturated carbocycles. The summed E-state index contributed by atoms with van der Waals surface area (Å²) < 4.78 is 0. The van der Waals surface area contributed by atoms with Crippen LogP contribution >= 0.6 is 0 Å². The highest BCUT2D eigenvalue weighted by atomic mass is 17.1. The van der Waals surface area contributed by atoms with Crippen LogP contribution in [0, 0.1) is 0 Å². The minimum atomic E-state index is -2.06. The zero-order chi connectivity index (χ0) is 4.28. The van der Waals surface area contributed by atoms with Gasteiger partial charge in [0.2, 0.25) is 0 Å². The van der Waals surface area contributed by atoms with Crippen LogP contribution in [0.2, 0.25) is 0 Å². The van der Waals surface area contributed by atoms with Crippen molar-refractivity contribution in [2.45, 2.75) is 0 Å². The Morgan fingerprint density at radius 3 is 1.12 bits per heavy atom. The fraction of sp³-hybridized carbons (Fsp3) is 0. The van der Waals surface area contributed by atoms with Crippen molar-refractivity contribution in [2.75, 3.05) is 0 Å². The maximum atomic E-state index is 7.44. The molecule has 12 N–H and O–H groups in total. The molecule has 0 bridgehead atoms. The molecule has 0 aliphatic rings. The topological polar surface area (TPSA) is 175 Å². The van der Waals surface area contributed by atoms with E-state index >= 15 is 0 Å². The lowest BCUT2D eigenvalue weighted by Crippen LogP contribution is -2.13. The van der Waals surface area contributed by atoms with Crippen LogP contribution in [0.15, 0.2) is 0 Å². The van der Waals surface area contributed by atoms with E-state index in [1.54, 1.807) is 0 Å². The van der Waals surface area contributed by atoms with Crippen LogP contribution in [0.4, 0.5) is 0 Å². The summed E-state index contributed by atoms with van der Waals surface area (Å²) in [6, 6.07) is 0. The molecule has 0 radical (unpaired) electrons. The summed E-state index contributed by atoms with van der Waals surface area (Å²) in [5, 5.41) is 22.0. The molecular weight excluding hydrogens is 117 g/mol. The van der Waals surface area contributed by atoms with Crippen LogP contribution in [-0.2, 0) is 4.81 Å². The molecule has 0 unspecified atom stereocenters. The van der Waals surface area contributed by atoms with Gasteiger partial charge in [-0.1, -0.05) is 0 Å². The third-order valence-electron chi connectivity index (χ3n) is 0.0943. The quantitative estimate of drug-likeness (QED) is 0.148. The van der Waals surface area contributed by atoms with Gasteiger partial charge < -0.3 is 28.5 Å². The van der Waals surface area contributed by atoms with Crippen molar-refractivity contribution in [1.29, 1.82) is 0 Å². The van der Waals surface area contributed by atoms with Crippen LogP contribution in [-0.4, -0.2) is 22.6 Å². The molecule has 0 amide bonds. The highest BCUT2D eigenvalue weighted by Crippen LogP contribution is 1.58. The Labute approximate surface area is 47.1 Å². The summed E-state index contributed by atoms with van der Waals surface area (Å²) in [6.07, 6.45) is 0. The molecule has 0 aromatic carbocycles. The average Bonchev–Trinajstić information content (AvgIpc) is 1.38. The van der Waals surface area contributed by atoms with E-state index in [9.17, 15) is 0 Å². The molecule has 8 heavy (non-hydrogen) atoms. The van der Waals surface area contributed by atoms with Gasteiger partial charge in [0.1, 0.15) is 0 Å². The molecule has 0 aliphatic carbocycles. The predicted molar refractivity (Wildman–Crippen MR) is 29.0 cm³/mol. The van der Waals surface area contributed by atoms with E-state index < -0.39 is 7.32 Å². The Hall–Kier alpha value is -0.215. The van der Waals surface area contributed by atoms with E-state index in [0.717, 1.165) is 0 Å². The maximum Gasteiger partial charge on any atom is 0.662 e.